The zero-order chi connectivity index (χ0) is 12.3. The average molecular weight is 268 g/mol. The highest BCUT2D eigenvalue weighted by Crippen LogP contribution is 2.17. The van der Waals surface area contributed by atoms with Crippen LogP contribution in [0.1, 0.15) is 11.8 Å². The minimum Gasteiger partial charge on any atom is -0.355 e. The van der Waals surface area contributed by atoms with Crippen LogP contribution in [0.25, 0.3) is 0 Å². The summed E-state index contributed by atoms with van der Waals surface area (Å²) in [5.74, 6) is 0.846. The highest BCUT2D eigenvalue weighted by molar-refractivity contribution is 7.09. The van der Waals surface area contributed by atoms with Crippen LogP contribution in [-0.4, -0.2) is 23.3 Å². The van der Waals surface area contributed by atoms with Gasteiger partial charge in [-0.05, 0) is 30.5 Å². The Morgan fingerprint density at radius 1 is 1.35 bits per heavy atom. The number of thiophene rings is 1. The number of halogens is 1. The lowest BCUT2D eigenvalue weighted by Gasteiger charge is -2.25. The van der Waals surface area contributed by atoms with Crippen molar-refractivity contribution in [3.8, 4) is 0 Å². The van der Waals surface area contributed by atoms with Gasteiger partial charge in [-0.3, -0.25) is 0 Å². The molecular weight excluding hydrogens is 254 g/mol. The zero-order valence-corrected chi connectivity index (χ0v) is 11.4. The maximum absolute atomic E-state index is 5.72. The third kappa shape index (κ3) is 3.17. The van der Waals surface area contributed by atoms with Crippen molar-refractivity contribution >= 4 is 28.8 Å². The number of nitrogens with zero attached hydrogens (tertiary/aromatic N) is 3. The first kappa shape index (κ1) is 12.3. The van der Waals surface area contributed by atoms with Crippen molar-refractivity contribution in [2.75, 3.05) is 11.9 Å². The van der Waals surface area contributed by atoms with Gasteiger partial charge in [-0.15, -0.1) is 21.5 Å². The lowest BCUT2D eigenvalue weighted by molar-refractivity contribution is 0.675. The SMILES string of the molecule is CC(Cc1cccs1)N(C)c1ccc(Cl)nn1. The molecule has 2 aromatic rings. The summed E-state index contributed by atoms with van der Waals surface area (Å²) in [6.07, 6.45) is 1.01. The van der Waals surface area contributed by atoms with E-state index < -0.39 is 0 Å². The predicted molar refractivity (Wildman–Crippen MR) is 72.9 cm³/mol. The molecule has 0 fully saturated rings. The molecule has 3 nitrogen and oxygen atoms in total. The fourth-order valence-corrected chi connectivity index (χ4v) is 2.51. The molecule has 1 unspecified atom stereocenters. The van der Waals surface area contributed by atoms with Crippen molar-refractivity contribution < 1.29 is 0 Å². The summed E-state index contributed by atoms with van der Waals surface area (Å²) in [4.78, 5) is 3.49. The van der Waals surface area contributed by atoms with Crippen LogP contribution >= 0.6 is 22.9 Å². The van der Waals surface area contributed by atoms with Gasteiger partial charge in [-0.1, -0.05) is 17.7 Å². The topological polar surface area (TPSA) is 29.0 Å². The second-order valence-electron chi connectivity index (χ2n) is 3.96. The van der Waals surface area contributed by atoms with Crippen LogP contribution in [-0.2, 0) is 6.42 Å². The number of anilines is 1. The van der Waals surface area contributed by atoms with Crippen molar-refractivity contribution in [1.29, 1.82) is 0 Å². The van der Waals surface area contributed by atoms with Crippen LogP contribution in [0.15, 0.2) is 29.6 Å². The summed E-state index contributed by atoms with van der Waals surface area (Å²) in [5, 5.41) is 10.5. The molecule has 2 aromatic heterocycles. The highest BCUT2D eigenvalue weighted by atomic mass is 35.5. The third-order valence-corrected chi connectivity index (χ3v) is 3.82. The van der Waals surface area contributed by atoms with Gasteiger partial charge < -0.3 is 4.90 Å². The molecule has 0 bridgehead atoms. The van der Waals surface area contributed by atoms with E-state index in [2.05, 4.69) is 39.5 Å². The third-order valence-electron chi connectivity index (χ3n) is 2.72. The molecule has 0 aliphatic heterocycles. The maximum Gasteiger partial charge on any atom is 0.151 e. The Balaban J connectivity index is 2.04. The van der Waals surface area contributed by atoms with E-state index in [0.29, 0.717) is 11.2 Å². The molecule has 0 aliphatic carbocycles. The van der Waals surface area contributed by atoms with Gasteiger partial charge in [0, 0.05) is 24.4 Å². The van der Waals surface area contributed by atoms with Gasteiger partial charge in [0.1, 0.15) is 0 Å². The second-order valence-corrected chi connectivity index (χ2v) is 5.38. The van der Waals surface area contributed by atoms with E-state index in [1.54, 1.807) is 17.4 Å². The van der Waals surface area contributed by atoms with Crippen LogP contribution in [0.5, 0.6) is 0 Å². The molecule has 0 saturated carbocycles. The molecule has 0 aromatic carbocycles. The van der Waals surface area contributed by atoms with Gasteiger partial charge in [0.05, 0.1) is 0 Å². The summed E-state index contributed by atoms with van der Waals surface area (Å²) < 4.78 is 0. The number of hydrogen-bond acceptors (Lipinski definition) is 4. The van der Waals surface area contributed by atoms with Crippen molar-refractivity contribution in [1.82, 2.24) is 10.2 Å². The van der Waals surface area contributed by atoms with Gasteiger partial charge in [0.15, 0.2) is 11.0 Å². The zero-order valence-electron chi connectivity index (χ0n) is 9.80. The Kier molecular flexibility index (Phi) is 3.97. The number of hydrogen-bond donors (Lipinski definition) is 0. The van der Waals surface area contributed by atoms with E-state index in [9.17, 15) is 0 Å². The van der Waals surface area contributed by atoms with E-state index in [1.165, 1.54) is 4.88 Å². The lowest BCUT2D eigenvalue weighted by atomic mass is 10.2. The summed E-state index contributed by atoms with van der Waals surface area (Å²) in [7, 11) is 2.02. The fraction of sp³-hybridized carbons (Fsp3) is 0.333. The van der Waals surface area contributed by atoms with Gasteiger partial charge in [-0.25, -0.2) is 0 Å². The molecule has 90 valence electrons. The number of likely N-dealkylation sites (N-methyl/N-ethyl adjacent to an activating group) is 1. The minimum atomic E-state index is 0.379. The Morgan fingerprint density at radius 2 is 2.18 bits per heavy atom. The molecule has 2 rings (SSSR count). The minimum absolute atomic E-state index is 0.379. The molecule has 0 N–H and O–H groups in total. The average Bonchev–Trinajstić information content (AvgIpc) is 2.82. The highest BCUT2D eigenvalue weighted by Gasteiger charge is 2.12. The smallest absolute Gasteiger partial charge is 0.151 e. The van der Waals surface area contributed by atoms with E-state index in [-0.39, 0.29) is 0 Å². The largest absolute Gasteiger partial charge is 0.355 e. The van der Waals surface area contributed by atoms with E-state index in [1.807, 2.05) is 13.1 Å². The monoisotopic (exact) mass is 267 g/mol. The van der Waals surface area contributed by atoms with Crippen molar-refractivity contribution in [3.05, 3.63) is 39.7 Å². The first-order chi connectivity index (χ1) is 8.16. The lowest BCUT2D eigenvalue weighted by Crippen LogP contribution is -2.31. The van der Waals surface area contributed by atoms with Gasteiger partial charge in [0.2, 0.25) is 0 Å². The quantitative estimate of drug-likeness (QED) is 0.851. The first-order valence-corrected chi connectivity index (χ1v) is 6.67. The summed E-state index contributed by atoms with van der Waals surface area (Å²) in [6, 6.07) is 8.26. The molecule has 1 atom stereocenters. The Labute approximate surface area is 110 Å². The molecule has 0 radical (unpaired) electrons. The van der Waals surface area contributed by atoms with Crippen LogP contribution < -0.4 is 4.90 Å². The molecule has 0 amide bonds. The van der Waals surface area contributed by atoms with Gasteiger partial charge >= 0.3 is 0 Å². The Hall–Kier alpha value is -1.13. The second kappa shape index (κ2) is 5.47. The molecule has 2 heterocycles. The molecule has 0 aliphatic rings. The standard InChI is InChI=1S/C12H14ClN3S/c1-9(8-10-4-3-7-17-10)16(2)12-6-5-11(13)14-15-12/h3-7,9H,8H2,1-2H3. The summed E-state index contributed by atoms with van der Waals surface area (Å²) in [6.45, 7) is 2.18. The molecule has 5 heteroatoms. The van der Waals surface area contributed by atoms with Crippen LogP contribution in [0, 0.1) is 0 Å². The molecule has 0 spiro atoms. The molecular formula is C12H14ClN3S. The van der Waals surface area contributed by atoms with E-state index >= 15 is 0 Å². The van der Waals surface area contributed by atoms with Crippen LogP contribution in [0.4, 0.5) is 5.82 Å². The normalized spacial score (nSPS) is 12.4. The predicted octanol–water partition coefficient (Wildman–Crippen LogP) is 3.26. The molecule has 0 saturated heterocycles. The first-order valence-electron chi connectivity index (χ1n) is 5.41. The van der Waals surface area contributed by atoms with Gasteiger partial charge in [-0.2, -0.15) is 0 Å². The maximum atomic E-state index is 5.72. The van der Waals surface area contributed by atoms with Crippen LogP contribution in [0.2, 0.25) is 5.15 Å². The number of aromatic nitrogens is 2. The fourth-order valence-electron chi connectivity index (χ4n) is 1.58. The Bertz CT molecular complexity index is 455. The van der Waals surface area contributed by atoms with E-state index in [0.717, 1.165) is 12.2 Å². The van der Waals surface area contributed by atoms with Crippen molar-refractivity contribution in [2.24, 2.45) is 0 Å². The van der Waals surface area contributed by atoms with Crippen LogP contribution in [0.3, 0.4) is 0 Å². The Morgan fingerprint density at radius 3 is 2.76 bits per heavy atom. The summed E-state index contributed by atoms with van der Waals surface area (Å²) >= 11 is 7.50. The van der Waals surface area contributed by atoms with E-state index in [4.69, 9.17) is 11.6 Å². The molecule has 17 heavy (non-hydrogen) atoms. The van der Waals surface area contributed by atoms with Crippen molar-refractivity contribution in [2.45, 2.75) is 19.4 Å². The number of rotatable bonds is 4. The van der Waals surface area contributed by atoms with Gasteiger partial charge in [0.25, 0.3) is 0 Å². The summed E-state index contributed by atoms with van der Waals surface area (Å²) in [5.41, 5.74) is 0. The van der Waals surface area contributed by atoms with Crippen molar-refractivity contribution in [3.63, 3.8) is 0 Å².